The van der Waals surface area contributed by atoms with Gasteiger partial charge in [-0.2, -0.15) is 0 Å². The van der Waals surface area contributed by atoms with Gasteiger partial charge >= 0.3 is 6.01 Å². The largest absolute Gasteiger partial charge is 0.424 e. The molecule has 5 heteroatoms. The van der Waals surface area contributed by atoms with Crippen LogP contribution in [-0.2, 0) is 6.54 Å². The molecule has 0 unspecified atom stereocenters. The molecule has 0 atom stereocenters. The van der Waals surface area contributed by atoms with Gasteiger partial charge in [0.2, 0.25) is 0 Å². The van der Waals surface area contributed by atoms with Gasteiger partial charge in [0.15, 0.2) is 0 Å². The summed E-state index contributed by atoms with van der Waals surface area (Å²) in [5.74, 6) is 0.691. The van der Waals surface area contributed by atoms with Crippen molar-refractivity contribution < 1.29 is 9.13 Å². The van der Waals surface area contributed by atoms with Gasteiger partial charge in [-0.3, -0.25) is 0 Å². The van der Waals surface area contributed by atoms with Crippen LogP contribution in [0.15, 0.2) is 30.6 Å². The van der Waals surface area contributed by atoms with Gasteiger partial charge in [-0.1, -0.05) is 19.9 Å². The average molecular weight is 289 g/mol. The molecule has 0 saturated carbocycles. The molecule has 2 rings (SSSR count). The molecule has 1 heterocycles. The fourth-order valence-electron chi connectivity index (χ4n) is 1.73. The van der Waals surface area contributed by atoms with Crippen molar-refractivity contribution in [3.8, 4) is 11.8 Å². The summed E-state index contributed by atoms with van der Waals surface area (Å²) in [6.07, 6.45) is 3.42. The van der Waals surface area contributed by atoms with E-state index in [9.17, 15) is 4.39 Å². The standard InChI is InChI=1S/C16H20FN3O/c1-11(2)7-18-8-13-9-19-16(20-10-13)21-14-5-4-12(3)15(17)6-14/h4-6,9-11,18H,7-8H2,1-3H3. The number of aryl methyl sites for hydroxylation is 1. The molecular formula is C16H20FN3O. The number of ether oxygens (including phenoxy) is 1. The second-order valence-corrected chi connectivity index (χ2v) is 5.41. The highest BCUT2D eigenvalue weighted by molar-refractivity contribution is 5.29. The van der Waals surface area contributed by atoms with Gasteiger partial charge in [0.05, 0.1) is 0 Å². The molecule has 1 aromatic carbocycles. The predicted octanol–water partition coefficient (Wildman–Crippen LogP) is 3.46. The van der Waals surface area contributed by atoms with Gasteiger partial charge in [0.1, 0.15) is 11.6 Å². The number of benzene rings is 1. The first kappa shape index (κ1) is 15.4. The number of aromatic nitrogens is 2. The van der Waals surface area contributed by atoms with Gasteiger partial charge in [-0.05, 0) is 31.0 Å². The van der Waals surface area contributed by atoms with Crippen LogP contribution >= 0.6 is 0 Å². The van der Waals surface area contributed by atoms with Crippen molar-refractivity contribution in [2.24, 2.45) is 5.92 Å². The van der Waals surface area contributed by atoms with Crippen molar-refractivity contribution in [2.45, 2.75) is 27.3 Å². The number of halogens is 1. The van der Waals surface area contributed by atoms with Crippen LogP contribution in [0, 0.1) is 18.7 Å². The first-order valence-corrected chi connectivity index (χ1v) is 7.00. The van der Waals surface area contributed by atoms with Crippen molar-refractivity contribution in [3.05, 3.63) is 47.5 Å². The number of nitrogens with one attached hydrogen (secondary N) is 1. The predicted molar refractivity (Wildman–Crippen MR) is 79.8 cm³/mol. The highest BCUT2D eigenvalue weighted by Crippen LogP contribution is 2.20. The molecule has 1 aromatic heterocycles. The topological polar surface area (TPSA) is 47.0 Å². The Morgan fingerprint density at radius 3 is 2.57 bits per heavy atom. The van der Waals surface area contributed by atoms with E-state index in [0.717, 1.165) is 18.7 Å². The first-order valence-electron chi connectivity index (χ1n) is 7.00. The zero-order chi connectivity index (χ0) is 15.2. The normalized spacial score (nSPS) is 10.9. The van der Waals surface area contributed by atoms with Crippen molar-refractivity contribution in [1.82, 2.24) is 15.3 Å². The molecule has 0 amide bonds. The minimum Gasteiger partial charge on any atom is -0.424 e. The van der Waals surface area contributed by atoms with Crippen molar-refractivity contribution in [2.75, 3.05) is 6.54 Å². The van der Waals surface area contributed by atoms with Crippen LogP contribution in [0.5, 0.6) is 11.8 Å². The monoisotopic (exact) mass is 289 g/mol. The number of nitrogens with zero attached hydrogens (tertiary/aromatic N) is 2. The fourth-order valence-corrected chi connectivity index (χ4v) is 1.73. The smallest absolute Gasteiger partial charge is 0.321 e. The third-order valence-electron chi connectivity index (χ3n) is 2.92. The van der Waals surface area contributed by atoms with Crippen LogP contribution in [-0.4, -0.2) is 16.5 Å². The van der Waals surface area contributed by atoms with Crippen LogP contribution < -0.4 is 10.1 Å². The molecular weight excluding hydrogens is 269 g/mol. The third kappa shape index (κ3) is 4.79. The maximum absolute atomic E-state index is 13.4. The van der Waals surface area contributed by atoms with Gasteiger partial charge in [-0.25, -0.2) is 14.4 Å². The molecule has 0 saturated heterocycles. The molecule has 112 valence electrons. The Hall–Kier alpha value is -2.01. The van der Waals surface area contributed by atoms with Gasteiger partial charge in [0, 0.05) is 30.6 Å². The van der Waals surface area contributed by atoms with Crippen LogP contribution in [0.1, 0.15) is 25.0 Å². The third-order valence-corrected chi connectivity index (χ3v) is 2.92. The van der Waals surface area contributed by atoms with Crippen LogP contribution in [0.2, 0.25) is 0 Å². The van der Waals surface area contributed by atoms with E-state index in [0.29, 0.717) is 17.2 Å². The maximum Gasteiger partial charge on any atom is 0.321 e. The van der Waals surface area contributed by atoms with E-state index in [1.54, 1.807) is 31.5 Å². The van der Waals surface area contributed by atoms with E-state index >= 15 is 0 Å². The van der Waals surface area contributed by atoms with E-state index in [1.807, 2.05) is 0 Å². The van der Waals surface area contributed by atoms with Crippen molar-refractivity contribution >= 4 is 0 Å². The SMILES string of the molecule is Cc1ccc(Oc2ncc(CNCC(C)C)cn2)cc1F. The highest BCUT2D eigenvalue weighted by Gasteiger charge is 2.04. The Bertz CT molecular complexity index is 585. The van der Waals surface area contributed by atoms with Crippen LogP contribution in [0.3, 0.4) is 0 Å². The van der Waals surface area contributed by atoms with E-state index in [1.165, 1.54) is 6.07 Å². The maximum atomic E-state index is 13.4. The summed E-state index contributed by atoms with van der Waals surface area (Å²) in [6.45, 7) is 7.68. The Morgan fingerprint density at radius 1 is 1.24 bits per heavy atom. The first-order chi connectivity index (χ1) is 10.0. The van der Waals surface area contributed by atoms with Crippen LogP contribution in [0.4, 0.5) is 4.39 Å². The lowest BCUT2D eigenvalue weighted by molar-refractivity contribution is 0.436. The molecule has 0 radical (unpaired) electrons. The van der Waals surface area contributed by atoms with Gasteiger partial charge < -0.3 is 10.1 Å². The second kappa shape index (κ2) is 7.13. The second-order valence-electron chi connectivity index (χ2n) is 5.41. The Labute approximate surface area is 124 Å². The summed E-state index contributed by atoms with van der Waals surface area (Å²) in [5, 5.41) is 3.31. The molecule has 0 bridgehead atoms. The average Bonchev–Trinajstić information content (AvgIpc) is 2.44. The summed E-state index contributed by atoms with van der Waals surface area (Å²) in [4.78, 5) is 8.26. The van der Waals surface area contributed by atoms with Gasteiger partial charge in [-0.15, -0.1) is 0 Å². The zero-order valence-electron chi connectivity index (χ0n) is 12.6. The Morgan fingerprint density at radius 2 is 1.95 bits per heavy atom. The quantitative estimate of drug-likeness (QED) is 0.884. The van der Waals surface area contributed by atoms with E-state index in [4.69, 9.17) is 4.74 Å². The molecule has 0 aliphatic heterocycles. The molecule has 0 aliphatic carbocycles. The van der Waals surface area contributed by atoms with E-state index in [-0.39, 0.29) is 11.8 Å². The molecule has 1 N–H and O–H groups in total. The molecule has 0 spiro atoms. The summed E-state index contributed by atoms with van der Waals surface area (Å²) in [6, 6.07) is 4.90. The summed E-state index contributed by atoms with van der Waals surface area (Å²) < 4.78 is 18.9. The number of hydrogen-bond acceptors (Lipinski definition) is 4. The number of rotatable bonds is 6. The summed E-state index contributed by atoms with van der Waals surface area (Å²) >= 11 is 0. The summed E-state index contributed by atoms with van der Waals surface area (Å²) in [7, 11) is 0. The lowest BCUT2D eigenvalue weighted by Crippen LogP contribution is -2.19. The zero-order valence-corrected chi connectivity index (χ0v) is 12.6. The lowest BCUT2D eigenvalue weighted by atomic mass is 10.2. The molecule has 4 nitrogen and oxygen atoms in total. The molecule has 21 heavy (non-hydrogen) atoms. The number of hydrogen-bond donors (Lipinski definition) is 1. The minimum absolute atomic E-state index is 0.214. The molecule has 0 fully saturated rings. The highest BCUT2D eigenvalue weighted by atomic mass is 19.1. The van der Waals surface area contributed by atoms with Crippen molar-refractivity contribution in [1.29, 1.82) is 0 Å². The molecule has 0 aliphatic rings. The molecule has 2 aromatic rings. The van der Waals surface area contributed by atoms with Crippen molar-refractivity contribution in [3.63, 3.8) is 0 Å². The Kier molecular flexibility index (Phi) is 5.22. The lowest BCUT2D eigenvalue weighted by Gasteiger charge is -2.08. The van der Waals surface area contributed by atoms with E-state index < -0.39 is 0 Å². The summed E-state index contributed by atoms with van der Waals surface area (Å²) in [5.41, 5.74) is 1.56. The van der Waals surface area contributed by atoms with Gasteiger partial charge in [0.25, 0.3) is 0 Å². The van der Waals surface area contributed by atoms with Crippen LogP contribution in [0.25, 0.3) is 0 Å². The Balaban J connectivity index is 1.94. The fraction of sp³-hybridized carbons (Fsp3) is 0.375. The minimum atomic E-state index is -0.304. The van der Waals surface area contributed by atoms with E-state index in [2.05, 4.69) is 29.1 Å².